The van der Waals surface area contributed by atoms with Crippen LogP contribution >= 0.6 is 0 Å². The zero-order valence-electron chi connectivity index (χ0n) is 11.8. The first kappa shape index (κ1) is 12.9. The standard InChI is InChI=1S/C15H28N2O/c1-16-11-13-4-2-8-17(12-13)14-5-9-18-15(10-14)6-3-7-15/h13-14,16H,2-12H2,1H3. The highest BCUT2D eigenvalue weighted by Gasteiger charge is 2.44. The molecule has 0 bridgehead atoms. The third-order valence-electron chi connectivity index (χ3n) is 5.29. The Morgan fingerprint density at radius 3 is 2.89 bits per heavy atom. The summed E-state index contributed by atoms with van der Waals surface area (Å²) in [5.41, 5.74) is 0.304. The van der Waals surface area contributed by atoms with Gasteiger partial charge in [0.2, 0.25) is 0 Å². The van der Waals surface area contributed by atoms with Gasteiger partial charge < -0.3 is 10.1 Å². The molecule has 3 aliphatic rings. The molecule has 1 spiro atoms. The van der Waals surface area contributed by atoms with E-state index < -0.39 is 0 Å². The normalized spacial score (nSPS) is 36.5. The Balaban J connectivity index is 1.56. The van der Waals surface area contributed by atoms with Crippen LogP contribution in [0.15, 0.2) is 0 Å². The van der Waals surface area contributed by atoms with E-state index in [4.69, 9.17) is 4.74 Å². The Morgan fingerprint density at radius 1 is 1.28 bits per heavy atom. The van der Waals surface area contributed by atoms with Crippen molar-refractivity contribution < 1.29 is 4.74 Å². The maximum absolute atomic E-state index is 6.06. The van der Waals surface area contributed by atoms with Crippen molar-refractivity contribution in [2.45, 2.75) is 56.6 Å². The van der Waals surface area contributed by atoms with Gasteiger partial charge in [-0.1, -0.05) is 0 Å². The number of piperidine rings is 1. The van der Waals surface area contributed by atoms with Crippen LogP contribution in [0.4, 0.5) is 0 Å². The highest BCUT2D eigenvalue weighted by atomic mass is 16.5. The number of hydrogen-bond acceptors (Lipinski definition) is 3. The molecule has 0 radical (unpaired) electrons. The third-order valence-corrected chi connectivity index (χ3v) is 5.29. The van der Waals surface area contributed by atoms with Crippen molar-refractivity contribution in [1.29, 1.82) is 0 Å². The first-order chi connectivity index (χ1) is 8.81. The highest BCUT2D eigenvalue weighted by Crippen LogP contribution is 2.43. The van der Waals surface area contributed by atoms with Crippen molar-refractivity contribution in [2.24, 2.45) is 5.92 Å². The maximum atomic E-state index is 6.06. The molecule has 104 valence electrons. The molecule has 0 aromatic rings. The Kier molecular flexibility index (Phi) is 3.92. The largest absolute Gasteiger partial charge is 0.375 e. The van der Waals surface area contributed by atoms with E-state index in [1.807, 2.05) is 0 Å². The van der Waals surface area contributed by atoms with E-state index >= 15 is 0 Å². The molecular formula is C15H28N2O. The first-order valence-corrected chi connectivity index (χ1v) is 7.84. The molecule has 3 rings (SSSR count). The van der Waals surface area contributed by atoms with Gasteiger partial charge in [-0.25, -0.2) is 0 Å². The zero-order chi connectivity index (χ0) is 12.4. The summed E-state index contributed by atoms with van der Waals surface area (Å²) in [5.74, 6) is 0.865. The summed E-state index contributed by atoms with van der Waals surface area (Å²) in [7, 11) is 2.08. The minimum atomic E-state index is 0.304. The molecule has 3 nitrogen and oxygen atoms in total. The lowest BCUT2D eigenvalue weighted by atomic mass is 9.73. The summed E-state index contributed by atoms with van der Waals surface area (Å²) in [6, 6.07) is 0.804. The van der Waals surface area contributed by atoms with Crippen molar-refractivity contribution in [3.05, 3.63) is 0 Å². The van der Waals surface area contributed by atoms with Crippen molar-refractivity contribution in [2.75, 3.05) is 33.3 Å². The zero-order valence-corrected chi connectivity index (χ0v) is 11.8. The first-order valence-electron chi connectivity index (χ1n) is 7.84. The molecule has 1 saturated carbocycles. The number of hydrogen-bond donors (Lipinski definition) is 1. The molecule has 1 N–H and O–H groups in total. The average Bonchev–Trinajstić information content (AvgIpc) is 2.38. The van der Waals surface area contributed by atoms with E-state index in [2.05, 4.69) is 17.3 Å². The Hall–Kier alpha value is -0.120. The van der Waals surface area contributed by atoms with Crippen LogP contribution in [0.2, 0.25) is 0 Å². The molecule has 3 fully saturated rings. The topological polar surface area (TPSA) is 24.5 Å². The number of likely N-dealkylation sites (tertiary alicyclic amines) is 1. The lowest BCUT2D eigenvalue weighted by molar-refractivity contribution is -0.150. The SMILES string of the molecule is CNCC1CCCN(C2CCOC3(CCC3)C2)C1. The summed E-state index contributed by atoms with van der Waals surface area (Å²) < 4.78 is 6.06. The van der Waals surface area contributed by atoms with Crippen LogP contribution in [-0.4, -0.2) is 49.8 Å². The summed E-state index contributed by atoms with van der Waals surface area (Å²) >= 11 is 0. The van der Waals surface area contributed by atoms with Gasteiger partial charge in [0.25, 0.3) is 0 Å². The summed E-state index contributed by atoms with van der Waals surface area (Å²) in [6.45, 7) is 4.81. The van der Waals surface area contributed by atoms with Crippen LogP contribution < -0.4 is 5.32 Å². The molecule has 2 aliphatic heterocycles. The van der Waals surface area contributed by atoms with E-state index in [-0.39, 0.29) is 0 Å². The predicted octanol–water partition coefficient (Wildman–Crippen LogP) is 2.02. The van der Waals surface area contributed by atoms with E-state index in [9.17, 15) is 0 Å². The van der Waals surface area contributed by atoms with Gasteiger partial charge in [-0.3, -0.25) is 4.90 Å². The van der Waals surface area contributed by atoms with E-state index in [1.54, 1.807) is 0 Å². The number of rotatable bonds is 3. The second-order valence-electron chi connectivity index (χ2n) is 6.59. The van der Waals surface area contributed by atoms with Crippen molar-refractivity contribution in [1.82, 2.24) is 10.2 Å². The van der Waals surface area contributed by atoms with Crippen molar-refractivity contribution in [3.8, 4) is 0 Å². The van der Waals surface area contributed by atoms with E-state index in [0.29, 0.717) is 5.60 Å². The van der Waals surface area contributed by atoms with Crippen LogP contribution in [0.3, 0.4) is 0 Å². The van der Waals surface area contributed by atoms with Crippen LogP contribution in [0, 0.1) is 5.92 Å². The molecule has 0 amide bonds. The van der Waals surface area contributed by atoms with E-state index in [1.165, 1.54) is 64.6 Å². The molecule has 3 heteroatoms. The second-order valence-corrected chi connectivity index (χ2v) is 6.59. The van der Waals surface area contributed by atoms with Gasteiger partial charge >= 0.3 is 0 Å². The maximum Gasteiger partial charge on any atom is 0.0697 e. The molecule has 2 heterocycles. The molecule has 18 heavy (non-hydrogen) atoms. The molecule has 0 aromatic heterocycles. The summed E-state index contributed by atoms with van der Waals surface area (Å²) in [4.78, 5) is 2.77. The predicted molar refractivity (Wildman–Crippen MR) is 73.8 cm³/mol. The van der Waals surface area contributed by atoms with Gasteiger partial charge in [-0.15, -0.1) is 0 Å². The van der Waals surface area contributed by atoms with Crippen LogP contribution in [0.25, 0.3) is 0 Å². The lowest BCUT2D eigenvalue weighted by Gasteiger charge is -2.50. The fourth-order valence-electron chi connectivity index (χ4n) is 4.12. The van der Waals surface area contributed by atoms with Gasteiger partial charge in [0.05, 0.1) is 5.60 Å². The number of ether oxygens (including phenoxy) is 1. The quantitative estimate of drug-likeness (QED) is 0.831. The number of nitrogens with zero attached hydrogens (tertiary/aromatic N) is 1. The summed E-state index contributed by atoms with van der Waals surface area (Å²) in [6.07, 6.45) is 9.37. The molecule has 1 aliphatic carbocycles. The lowest BCUT2D eigenvalue weighted by Crippen LogP contribution is -2.54. The van der Waals surface area contributed by atoms with E-state index in [0.717, 1.165) is 18.6 Å². The van der Waals surface area contributed by atoms with Gasteiger partial charge in [0.15, 0.2) is 0 Å². The molecular weight excluding hydrogens is 224 g/mol. The Labute approximate surface area is 111 Å². The monoisotopic (exact) mass is 252 g/mol. The van der Waals surface area contributed by atoms with Crippen LogP contribution in [-0.2, 0) is 4.74 Å². The second kappa shape index (κ2) is 5.48. The fourth-order valence-corrected chi connectivity index (χ4v) is 4.12. The minimum Gasteiger partial charge on any atom is -0.375 e. The minimum absolute atomic E-state index is 0.304. The molecule has 2 saturated heterocycles. The third kappa shape index (κ3) is 2.59. The molecule has 2 unspecified atom stereocenters. The smallest absolute Gasteiger partial charge is 0.0697 e. The van der Waals surface area contributed by atoms with Crippen molar-refractivity contribution in [3.63, 3.8) is 0 Å². The summed E-state index contributed by atoms with van der Waals surface area (Å²) in [5, 5.41) is 3.35. The van der Waals surface area contributed by atoms with Gasteiger partial charge in [-0.05, 0) is 71.0 Å². The average molecular weight is 252 g/mol. The number of nitrogens with one attached hydrogen (secondary N) is 1. The van der Waals surface area contributed by atoms with Crippen LogP contribution in [0.5, 0.6) is 0 Å². The highest BCUT2D eigenvalue weighted by molar-refractivity contribution is 4.97. The van der Waals surface area contributed by atoms with Gasteiger partial charge in [0.1, 0.15) is 0 Å². The molecule has 2 atom stereocenters. The molecule has 0 aromatic carbocycles. The fraction of sp³-hybridized carbons (Fsp3) is 1.00. The van der Waals surface area contributed by atoms with Crippen molar-refractivity contribution >= 4 is 0 Å². The Bertz CT molecular complexity index is 276. The Morgan fingerprint density at radius 2 is 2.17 bits per heavy atom. The van der Waals surface area contributed by atoms with Crippen LogP contribution in [0.1, 0.15) is 44.9 Å². The van der Waals surface area contributed by atoms with Gasteiger partial charge in [0, 0.05) is 19.2 Å². The van der Waals surface area contributed by atoms with Gasteiger partial charge in [-0.2, -0.15) is 0 Å².